The van der Waals surface area contributed by atoms with Gasteiger partial charge in [-0.25, -0.2) is 0 Å². The average Bonchev–Trinajstić information content (AvgIpc) is 2.72. The van der Waals surface area contributed by atoms with Gasteiger partial charge in [0.05, 0.1) is 0 Å². The lowest BCUT2D eigenvalue weighted by Crippen LogP contribution is -2.31. The first kappa shape index (κ1) is 10.2. The Bertz CT molecular complexity index is 353. The van der Waals surface area contributed by atoms with E-state index in [0.717, 1.165) is 35.0 Å². The van der Waals surface area contributed by atoms with Crippen LogP contribution in [0.1, 0.15) is 30.6 Å². The van der Waals surface area contributed by atoms with E-state index in [1.165, 1.54) is 0 Å². The Morgan fingerprint density at radius 2 is 2.14 bits per heavy atom. The summed E-state index contributed by atoms with van der Waals surface area (Å²) >= 11 is 4.97. The molecule has 1 aliphatic carbocycles. The largest absolute Gasteiger partial charge is 0.481 e. The standard InChI is InChI=1S/C10H11BrO2S/c11-7-3-6-14-8(7)10(9(12)13)4-1-2-5-10/h3,6H,1-2,4-5H2,(H,12,13). The summed E-state index contributed by atoms with van der Waals surface area (Å²) in [7, 11) is 0. The minimum Gasteiger partial charge on any atom is -0.481 e. The van der Waals surface area contributed by atoms with Crippen molar-refractivity contribution in [3.8, 4) is 0 Å². The molecule has 0 amide bonds. The van der Waals surface area contributed by atoms with Crippen LogP contribution in [0.15, 0.2) is 15.9 Å². The fourth-order valence-electron chi connectivity index (χ4n) is 2.15. The smallest absolute Gasteiger partial charge is 0.315 e. The first-order chi connectivity index (χ1) is 6.67. The molecule has 14 heavy (non-hydrogen) atoms. The van der Waals surface area contributed by atoms with E-state index in [2.05, 4.69) is 15.9 Å². The van der Waals surface area contributed by atoms with Crippen molar-refractivity contribution in [3.05, 3.63) is 20.8 Å². The van der Waals surface area contributed by atoms with E-state index in [1.54, 1.807) is 11.3 Å². The zero-order valence-electron chi connectivity index (χ0n) is 7.62. The Labute approximate surface area is 95.1 Å². The van der Waals surface area contributed by atoms with Gasteiger partial charge in [0, 0.05) is 9.35 Å². The van der Waals surface area contributed by atoms with Crippen molar-refractivity contribution >= 4 is 33.2 Å². The van der Waals surface area contributed by atoms with Gasteiger partial charge in [-0.05, 0) is 40.2 Å². The zero-order valence-corrected chi connectivity index (χ0v) is 10.0. The highest BCUT2D eigenvalue weighted by molar-refractivity contribution is 9.10. The molecular formula is C10H11BrO2S. The van der Waals surface area contributed by atoms with E-state index in [4.69, 9.17) is 0 Å². The van der Waals surface area contributed by atoms with Crippen LogP contribution in [0.4, 0.5) is 0 Å². The second-order valence-corrected chi connectivity index (χ2v) is 5.46. The summed E-state index contributed by atoms with van der Waals surface area (Å²) in [6, 6.07) is 1.93. The summed E-state index contributed by atoms with van der Waals surface area (Å²) in [5.41, 5.74) is -0.604. The molecule has 0 aromatic carbocycles. The summed E-state index contributed by atoms with van der Waals surface area (Å²) in [6.07, 6.45) is 3.61. The van der Waals surface area contributed by atoms with Gasteiger partial charge in [0.15, 0.2) is 0 Å². The summed E-state index contributed by atoms with van der Waals surface area (Å²) in [5.74, 6) is -0.668. The van der Waals surface area contributed by atoms with Gasteiger partial charge < -0.3 is 5.11 Å². The van der Waals surface area contributed by atoms with E-state index in [1.807, 2.05) is 11.4 Å². The predicted molar refractivity (Wildman–Crippen MR) is 59.8 cm³/mol. The van der Waals surface area contributed by atoms with Crippen molar-refractivity contribution in [1.82, 2.24) is 0 Å². The van der Waals surface area contributed by atoms with E-state index in [0.29, 0.717) is 0 Å². The third kappa shape index (κ3) is 1.41. The highest BCUT2D eigenvalue weighted by Crippen LogP contribution is 2.46. The van der Waals surface area contributed by atoms with Crippen molar-refractivity contribution in [2.24, 2.45) is 0 Å². The van der Waals surface area contributed by atoms with Crippen LogP contribution in [0.5, 0.6) is 0 Å². The number of carboxylic acid groups (broad SMARTS) is 1. The lowest BCUT2D eigenvalue weighted by molar-refractivity contribution is -0.143. The summed E-state index contributed by atoms with van der Waals surface area (Å²) in [5, 5.41) is 11.3. The van der Waals surface area contributed by atoms with Gasteiger partial charge in [0.1, 0.15) is 5.41 Å². The molecule has 0 radical (unpaired) electrons. The molecule has 2 nitrogen and oxygen atoms in total. The summed E-state index contributed by atoms with van der Waals surface area (Å²) in [4.78, 5) is 12.3. The van der Waals surface area contributed by atoms with Crippen LogP contribution in [0.3, 0.4) is 0 Å². The molecule has 1 aromatic heterocycles. The molecule has 0 unspecified atom stereocenters. The zero-order chi connectivity index (χ0) is 10.2. The van der Waals surface area contributed by atoms with Crippen molar-refractivity contribution in [2.45, 2.75) is 31.1 Å². The van der Waals surface area contributed by atoms with Crippen molar-refractivity contribution < 1.29 is 9.90 Å². The number of aliphatic carboxylic acids is 1. The number of hydrogen-bond acceptors (Lipinski definition) is 2. The highest BCUT2D eigenvalue weighted by atomic mass is 79.9. The lowest BCUT2D eigenvalue weighted by Gasteiger charge is -2.22. The van der Waals surface area contributed by atoms with Gasteiger partial charge in [-0.15, -0.1) is 11.3 Å². The molecule has 0 spiro atoms. The Kier molecular flexibility index (Phi) is 2.66. The number of thiophene rings is 1. The second-order valence-electron chi connectivity index (χ2n) is 3.69. The van der Waals surface area contributed by atoms with Crippen LogP contribution in [0.2, 0.25) is 0 Å². The van der Waals surface area contributed by atoms with Gasteiger partial charge in [-0.1, -0.05) is 12.8 Å². The Balaban J connectivity index is 2.46. The highest BCUT2D eigenvalue weighted by Gasteiger charge is 2.44. The van der Waals surface area contributed by atoms with Crippen molar-refractivity contribution in [2.75, 3.05) is 0 Å². The maximum Gasteiger partial charge on any atom is 0.315 e. The maximum atomic E-state index is 11.4. The topological polar surface area (TPSA) is 37.3 Å². The van der Waals surface area contributed by atoms with Crippen LogP contribution in [0.25, 0.3) is 0 Å². The summed E-state index contributed by atoms with van der Waals surface area (Å²) in [6.45, 7) is 0. The monoisotopic (exact) mass is 274 g/mol. The quantitative estimate of drug-likeness (QED) is 0.898. The van der Waals surface area contributed by atoms with Crippen molar-refractivity contribution in [1.29, 1.82) is 0 Å². The maximum absolute atomic E-state index is 11.4. The molecule has 4 heteroatoms. The number of halogens is 1. The lowest BCUT2D eigenvalue weighted by atomic mass is 9.85. The van der Waals surface area contributed by atoms with E-state index < -0.39 is 11.4 Å². The number of carbonyl (C=O) groups is 1. The number of rotatable bonds is 2. The molecule has 1 heterocycles. The fourth-order valence-corrected chi connectivity index (χ4v) is 4.16. The van der Waals surface area contributed by atoms with Crippen LogP contribution < -0.4 is 0 Å². The molecule has 0 saturated heterocycles. The predicted octanol–water partition coefficient (Wildman–Crippen LogP) is 3.41. The molecule has 0 atom stereocenters. The fraction of sp³-hybridized carbons (Fsp3) is 0.500. The van der Waals surface area contributed by atoms with E-state index >= 15 is 0 Å². The van der Waals surface area contributed by atoms with E-state index in [-0.39, 0.29) is 0 Å². The molecule has 2 rings (SSSR count). The van der Waals surface area contributed by atoms with Gasteiger partial charge >= 0.3 is 5.97 Å². The van der Waals surface area contributed by atoms with Gasteiger partial charge in [0.25, 0.3) is 0 Å². The van der Waals surface area contributed by atoms with Crippen LogP contribution >= 0.6 is 27.3 Å². The van der Waals surface area contributed by atoms with Crippen LogP contribution in [-0.4, -0.2) is 11.1 Å². The Hall–Kier alpha value is -0.350. The van der Waals surface area contributed by atoms with Crippen LogP contribution in [0, 0.1) is 0 Å². The first-order valence-corrected chi connectivity index (χ1v) is 6.31. The molecule has 0 bridgehead atoms. The second kappa shape index (κ2) is 3.66. The Morgan fingerprint density at radius 1 is 1.50 bits per heavy atom. The third-order valence-corrected chi connectivity index (χ3v) is 4.96. The molecule has 0 aliphatic heterocycles. The normalized spacial score (nSPS) is 19.8. The minimum atomic E-state index is -0.668. The summed E-state index contributed by atoms with van der Waals surface area (Å²) < 4.78 is 0.951. The van der Waals surface area contributed by atoms with Crippen molar-refractivity contribution in [3.63, 3.8) is 0 Å². The average molecular weight is 275 g/mol. The van der Waals surface area contributed by atoms with Gasteiger partial charge in [-0.2, -0.15) is 0 Å². The van der Waals surface area contributed by atoms with Gasteiger partial charge in [-0.3, -0.25) is 4.79 Å². The molecule has 1 aliphatic rings. The van der Waals surface area contributed by atoms with Crippen LogP contribution in [-0.2, 0) is 10.2 Å². The SMILES string of the molecule is O=C(O)C1(c2sccc2Br)CCCC1. The molecule has 1 saturated carbocycles. The molecule has 1 fully saturated rings. The number of hydrogen-bond donors (Lipinski definition) is 1. The molecule has 1 aromatic rings. The molecule has 1 N–H and O–H groups in total. The first-order valence-electron chi connectivity index (χ1n) is 4.64. The minimum absolute atomic E-state index is 0.604. The third-order valence-electron chi connectivity index (χ3n) is 2.92. The number of carboxylic acids is 1. The molecular weight excluding hydrogens is 264 g/mol. The Morgan fingerprint density at radius 3 is 2.57 bits per heavy atom. The van der Waals surface area contributed by atoms with Gasteiger partial charge in [0.2, 0.25) is 0 Å². The molecule has 76 valence electrons. The van der Waals surface area contributed by atoms with E-state index in [9.17, 15) is 9.90 Å².